The minimum absolute atomic E-state index is 0.531. The van der Waals surface area contributed by atoms with Crippen LogP contribution in [-0.4, -0.2) is 28.0 Å². The Morgan fingerprint density at radius 1 is 1.39 bits per heavy atom. The standard InChI is InChI=1S/C14H23NS3/c1-4-6-15-14(12-5-7-16-8-12)13-9-17-10(2)11(3)18-13/h5,7-8,10-11,13-15H,4,6,9H2,1-3H3. The van der Waals surface area contributed by atoms with Gasteiger partial charge in [-0.15, -0.1) is 0 Å². The molecule has 4 atom stereocenters. The van der Waals surface area contributed by atoms with Crippen molar-refractivity contribution in [3.63, 3.8) is 0 Å². The first kappa shape index (κ1) is 14.8. The Labute approximate surface area is 124 Å². The summed E-state index contributed by atoms with van der Waals surface area (Å²) in [7, 11) is 0. The van der Waals surface area contributed by atoms with Gasteiger partial charge in [0.05, 0.1) is 0 Å². The summed E-state index contributed by atoms with van der Waals surface area (Å²) in [5, 5.41) is 10.5. The molecule has 0 aromatic carbocycles. The number of hydrogen-bond acceptors (Lipinski definition) is 4. The molecule has 0 aliphatic carbocycles. The van der Waals surface area contributed by atoms with Crippen molar-refractivity contribution < 1.29 is 0 Å². The van der Waals surface area contributed by atoms with E-state index in [9.17, 15) is 0 Å². The van der Waals surface area contributed by atoms with E-state index in [1.807, 2.05) is 11.3 Å². The van der Waals surface area contributed by atoms with Crippen molar-refractivity contribution in [1.82, 2.24) is 5.32 Å². The van der Waals surface area contributed by atoms with Crippen molar-refractivity contribution in [1.29, 1.82) is 0 Å². The Kier molecular flexibility index (Phi) is 5.93. The highest BCUT2D eigenvalue weighted by atomic mass is 32.2. The van der Waals surface area contributed by atoms with Gasteiger partial charge < -0.3 is 5.32 Å². The molecule has 1 aliphatic rings. The first-order chi connectivity index (χ1) is 8.72. The molecule has 2 heterocycles. The van der Waals surface area contributed by atoms with E-state index in [4.69, 9.17) is 0 Å². The molecule has 1 saturated heterocycles. The quantitative estimate of drug-likeness (QED) is 0.865. The molecule has 1 N–H and O–H groups in total. The van der Waals surface area contributed by atoms with Gasteiger partial charge in [0, 0.05) is 27.5 Å². The van der Waals surface area contributed by atoms with E-state index in [2.05, 4.69) is 66.4 Å². The molecule has 1 aromatic rings. The lowest BCUT2D eigenvalue weighted by molar-refractivity contribution is 0.529. The molecule has 1 aliphatic heterocycles. The first-order valence-corrected chi connectivity index (χ1v) is 9.68. The van der Waals surface area contributed by atoms with Gasteiger partial charge in [-0.25, -0.2) is 0 Å². The zero-order valence-electron chi connectivity index (χ0n) is 11.4. The number of nitrogens with one attached hydrogen (secondary N) is 1. The van der Waals surface area contributed by atoms with Crippen LogP contribution >= 0.6 is 34.9 Å². The van der Waals surface area contributed by atoms with E-state index >= 15 is 0 Å². The second-order valence-corrected chi connectivity index (χ2v) is 8.72. The summed E-state index contributed by atoms with van der Waals surface area (Å²) in [5.41, 5.74) is 1.48. The Hall–Kier alpha value is 0.360. The fourth-order valence-corrected chi connectivity index (χ4v) is 6.01. The van der Waals surface area contributed by atoms with Crippen molar-refractivity contribution in [2.75, 3.05) is 12.3 Å². The largest absolute Gasteiger partial charge is 0.309 e. The molecule has 1 aromatic heterocycles. The molecule has 4 heteroatoms. The zero-order chi connectivity index (χ0) is 13.0. The summed E-state index contributed by atoms with van der Waals surface area (Å²) in [6.45, 7) is 8.09. The average Bonchev–Trinajstić information content (AvgIpc) is 2.88. The van der Waals surface area contributed by atoms with Crippen LogP contribution in [0.25, 0.3) is 0 Å². The maximum atomic E-state index is 3.75. The second-order valence-electron chi connectivity index (χ2n) is 4.91. The van der Waals surface area contributed by atoms with Gasteiger partial charge in [-0.1, -0.05) is 20.8 Å². The lowest BCUT2D eigenvalue weighted by atomic mass is 10.1. The monoisotopic (exact) mass is 301 g/mol. The Morgan fingerprint density at radius 2 is 2.22 bits per heavy atom. The highest BCUT2D eigenvalue weighted by Crippen LogP contribution is 2.41. The van der Waals surface area contributed by atoms with Crippen LogP contribution in [0.2, 0.25) is 0 Å². The third kappa shape index (κ3) is 3.69. The maximum Gasteiger partial charge on any atom is 0.0457 e. The van der Waals surface area contributed by atoms with Crippen molar-refractivity contribution in [2.24, 2.45) is 0 Å². The van der Waals surface area contributed by atoms with Gasteiger partial charge in [0.2, 0.25) is 0 Å². The maximum absolute atomic E-state index is 3.75. The first-order valence-electron chi connectivity index (χ1n) is 6.75. The Balaban J connectivity index is 2.04. The highest BCUT2D eigenvalue weighted by molar-refractivity contribution is 8.07. The topological polar surface area (TPSA) is 12.0 Å². The average molecular weight is 302 g/mol. The van der Waals surface area contributed by atoms with E-state index in [0.29, 0.717) is 11.3 Å². The fourth-order valence-electron chi connectivity index (χ4n) is 2.20. The minimum atomic E-state index is 0.531. The van der Waals surface area contributed by atoms with Crippen LogP contribution in [0, 0.1) is 0 Å². The molecular formula is C14H23NS3. The van der Waals surface area contributed by atoms with Gasteiger partial charge in [0.1, 0.15) is 0 Å². The number of hydrogen-bond donors (Lipinski definition) is 1. The van der Waals surface area contributed by atoms with Crippen LogP contribution in [0.3, 0.4) is 0 Å². The predicted molar refractivity (Wildman–Crippen MR) is 88.1 cm³/mol. The molecule has 2 rings (SSSR count). The van der Waals surface area contributed by atoms with Gasteiger partial charge in [0.25, 0.3) is 0 Å². The van der Waals surface area contributed by atoms with Gasteiger partial charge in [-0.2, -0.15) is 34.9 Å². The molecule has 0 radical (unpaired) electrons. The van der Waals surface area contributed by atoms with Crippen LogP contribution in [0.15, 0.2) is 16.8 Å². The van der Waals surface area contributed by atoms with E-state index in [1.54, 1.807) is 0 Å². The molecule has 1 fully saturated rings. The van der Waals surface area contributed by atoms with Gasteiger partial charge in [0.15, 0.2) is 0 Å². The summed E-state index contributed by atoms with van der Waals surface area (Å²) >= 11 is 6.12. The number of thioether (sulfide) groups is 2. The minimum Gasteiger partial charge on any atom is -0.309 e. The van der Waals surface area contributed by atoms with Gasteiger partial charge >= 0.3 is 0 Å². The summed E-state index contributed by atoms with van der Waals surface area (Å²) in [6, 6.07) is 2.81. The van der Waals surface area contributed by atoms with Crippen LogP contribution in [-0.2, 0) is 0 Å². The summed E-state index contributed by atoms with van der Waals surface area (Å²) in [5.74, 6) is 1.27. The lowest BCUT2D eigenvalue weighted by Crippen LogP contribution is -2.37. The predicted octanol–water partition coefficient (Wildman–Crippen LogP) is 4.41. The van der Waals surface area contributed by atoms with Gasteiger partial charge in [-0.3, -0.25) is 0 Å². The van der Waals surface area contributed by atoms with Crippen LogP contribution in [0.4, 0.5) is 0 Å². The molecule has 0 saturated carbocycles. The van der Waals surface area contributed by atoms with Gasteiger partial charge in [-0.05, 0) is 35.4 Å². The van der Waals surface area contributed by atoms with Crippen LogP contribution < -0.4 is 5.32 Å². The third-order valence-electron chi connectivity index (χ3n) is 3.46. The zero-order valence-corrected chi connectivity index (χ0v) is 13.8. The highest BCUT2D eigenvalue weighted by Gasteiger charge is 2.31. The van der Waals surface area contributed by atoms with E-state index in [1.165, 1.54) is 17.7 Å². The normalized spacial score (nSPS) is 30.3. The van der Waals surface area contributed by atoms with E-state index in [0.717, 1.165) is 17.0 Å². The second kappa shape index (κ2) is 7.22. The molecule has 0 spiro atoms. The third-order valence-corrected chi connectivity index (χ3v) is 7.66. The van der Waals surface area contributed by atoms with Crippen molar-refractivity contribution >= 4 is 34.9 Å². The molecular weight excluding hydrogens is 278 g/mol. The lowest BCUT2D eigenvalue weighted by Gasteiger charge is -2.36. The summed E-state index contributed by atoms with van der Waals surface area (Å²) in [4.78, 5) is 0. The fraction of sp³-hybridized carbons (Fsp3) is 0.714. The van der Waals surface area contributed by atoms with E-state index < -0.39 is 0 Å². The smallest absolute Gasteiger partial charge is 0.0457 e. The molecule has 1 nitrogen and oxygen atoms in total. The van der Waals surface area contributed by atoms with Crippen LogP contribution in [0.1, 0.15) is 38.8 Å². The molecule has 0 amide bonds. The Morgan fingerprint density at radius 3 is 2.83 bits per heavy atom. The van der Waals surface area contributed by atoms with Crippen LogP contribution in [0.5, 0.6) is 0 Å². The van der Waals surface area contributed by atoms with E-state index in [-0.39, 0.29) is 0 Å². The van der Waals surface area contributed by atoms with Crippen molar-refractivity contribution in [2.45, 2.75) is 49.0 Å². The molecule has 0 bridgehead atoms. The molecule has 4 unspecified atom stereocenters. The van der Waals surface area contributed by atoms with Crippen molar-refractivity contribution in [3.05, 3.63) is 22.4 Å². The number of thiophene rings is 1. The number of rotatable bonds is 5. The summed E-state index contributed by atoms with van der Waals surface area (Å²) < 4.78 is 0. The molecule has 102 valence electrons. The molecule has 18 heavy (non-hydrogen) atoms. The SMILES string of the molecule is CCCNC(c1ccsc1)C1CSC(C)C(C)S1. The Bertz CT molecular complexity index is 339. The van der Waals surface area contributed by atoms with Crippen molar-refractivity contribution in [3.8, 4) is 0 Å². The summed E-state index contributed by atoms with van der Waals surface area (Å²) in [6.07, 6.45) is 1.21.